The fraction of sp³-hybridized carbons (Fsp3) is 0.300. The van der Waals surface area contributed by atoms with Crippen LogP contribution in [0.15, 0.2) is 12.1 Å². The Morgan fingerprint density at radius 2 is 2.11 bits per heavy atom. The maximum Gasteiger partial charge on any atom is 0.290 e. The van der Waals surface area contributed by atoms with Crippen molar-refractivity contribution >= 4 is 34.8 Å². The van der Waals surface area contributed by atoms with Gasteiger partial charge in [-0.1, -0.05) is 23.2 Å². The molecule has 1 aromatic rings. The number of benzene rings is 1. The zero-order valence-electron chi connectivity index (χ0n) is 9.28. The Morgan fingerprint density at radius 1 is 1.44 bits per heavy atom. The Morgan fingerprint density at radius 3 is 2.67 bits per heavy atom. The number of nitro benzene ring substituents is 1. The molecule has 1 rings (SSSR count). The van der Waals surface area contributed by atoms with Gasteiger partial charge in [0.15, 0.2) is 0 Å². The molecule has 0 heterocycles. The molecule has 0 saturated carbocycles. The summed E-state index contributed by atoms with van der Waals surface area (Å²) in [5, 5.41) is 13.1. The summed E-state index contributed by atoms with van der Waals surface area (Å²) in [6.45, 7) is 0.838. The van der Waals surface area contributed by atoms with Crippen LogP contribution in [-0.4, -0.2) is 23.9 Å². The van der Waals surface area contributed by atoms with Gasteiger partial charge in [-0.05, 0) is 19.0 Å². The van der Waals surface area contributed by atoms with Crippen molar-refractivity contribution in [3.63, 3.8) is 0 Å². The Labute approximate surface area is 113 Å². The SMILES string of the molecule is NCCCNC(=O)c1cc(Cl)c(Cl)c([N+](=O)[O-])c1. The highest BCUT2D eigenvalue weighted by molar-refractivity contribution is 6.43. The molecule has 0 aromatic heterocycles. The van der Waals surface area contributed by atoms with Crippen LogP contribution >= 0.6 is 23.2 Å². The average Bonchev–Trinajstić information content (AvgIpc) is 2.32. The number of hydrogen-bond donors (Lipinski definition) is 2. The minimum atomic E-state index is -0.690. The van der Waals surface area contributed by atoms with Crippen molar-refractivity contribution in [3.05, 3.63) is 37.9 Å². The predicted octanol–water partition coefficient (Wildman–Crippen LogP) is 1.98. The molecule has 0 atom stereocenters. The molecule has 0 unspecified atom stereocenters. The lowest BCUT2D eigenvalue weighted by Gasteiger charge is -2.06. The van der Waals surface area contributed by atoms with Gasteiger partial charge < -0.3 is 11.1 Å². The maximum atomic E-state index is 11.7. The molecule has 0 aliphatic rings. The van der Waals surface area contributed by atoms with Crippen molar-refractivity contribution in [2.45, 2.75) is 6.42 Å². The molecule has 0 radical (unpaired) electrons. The van der Waals surface area contributed by atoms with E-state index < -0.39 is 16.5 Å². The monoisotopic (exact) mass is 291 g/mol. The number of nitro groups is 1. The predicted molar refractivity (Wildman–Crippen MR) is 69.1 cm³/mol. The number of rotatable bonds is 5. The Kier molecular flexibility index (Phi) is 5.33. The van der Waals surface area contributed by atoms with Crippen LogP contribution in [0.25, 0.3) is 0 Å². The molecule has 0 bridgehead atoms. The number of carbonyl (C=O) groups excluding carboxylic acids is 1. The van der Waals surface area contributed by atoms with Crippen LogP contribution < -0.4 is 11.1 Å². The van der Waals surface area contributed by atoms with E-state index in [-0.39, 0.29) is 15.6 Å². The molecule has 3 N–H and O–H groups in total. The van der Waals surface area contributed by atoms with Gasteiger partial charge in [0.25, 0.3) is 11.6 Å². The van der Waals surface area contributed by atoms with E-state index in [9.17, 15) is 14.9 Å². The van der Waals surface area contributed by atoms with Gasteiger partial charge in [-0.25, -0.2) is 0 Å². The van der Waals surface area contributed by atoms with Crippen molar-refractivity contribution in [1.29, 1.82) is 0 Å². The molecule has 0 aliphatic heterocycles. The first-order chi connectivity index (χ1) is 8.47. The lowest BCUT2D eigenvalue weighted by molar-refractivity contribution is -0.384. The molecule has 0 saturated heterocycles. The van der Waals surface area contributed by atoms with Crippen LogP contribution in [0.5, 0.6) is 0 Å². The molecule has 6 nitrogen and oxygen atoms in total. The van der Waals surface area contributed by atoms with Crippen molar-refractivity contribution < 1.29 is 9.72 Å². The van der Waals surface area contributed by atoms with Crippen molar-refractivity contribution in [3.8, 4) is 0 Å². The molecule has 18 heavy (non-hydrogen) atoms. The van der Waals surface area contributed by atoms with Gasteiger partial charge in [-0.2, -0.15) is 0 Å². The highest BCUT2D eigenvalue weighted by Crippen LogP contribution is 2.32. The molecular weight excluding hydrogens is 281 g/mol. The van der Waals surface area contributed by atoms with Crippen LogP contribution in [0.1, 0.15) is 16.8 Å². The normalized spacial score (nSPS) is 10.2. The largest absolute Gasteiger partial charge is 0.352 e. The van der Waals surface area contributed by atoms with Gasteiger partial charge >= 0.3 is 0 Å². The summed E-state index contributed by atoms with van der Waals surface area (Å²) >= 11 is 11.4. The van der Waals surface area contributed by atoms with Crippen LogP contribution in [0.2, 0.25) is 10.0 Å². The maximum absolute atomic E-state index is 11.7. The Hall–Kier alpha value is -1.37. The summed E-state index contributed by atoms with van der Waals surface area (Å²) in [4.78, 5) is 21.7. The highest BCUT2D eigenvalue weighted by Gasteiger charge is 2.19. The summed E-state index contributed by atoms with van der Waals surface area (Å²) in [7, 11) is 0. The third kappa shape index (κ3) is 3.56. The average molecular weight is 292 g/mol. The minimum Gasteiger partial charge on any atom is -0.352 e. The van der Waals surface area contributed by atoms with Crippen molar-refractivity contribution in [1.82, 2.24) is 5.32 Å². The van der Waals surface area contributed by atoms with Crippen LogP contribution in [0.3, 0.4) is 0 Å². The van der Waals surface area contributed by atoms with Gasteiger partial charge in [0.1, 0.15) is 5.02 Å². The number of nitrogens with zero attached hydrogens (tertiary/aromatic N) is 1. The number of amides is 1. The lowest BCUT2D eigenvalue weighted by atomic mass is 10.2. The van der Waals surface area contributed by atoms with Crippen LogP contribution in [0.4, 0.5) is 5.69 Å². The number of nitrogens with two attached hydrogens (primary N) is 1. The van der Waals surface area contributed by atoms with Gasteiger partial charge in [-0.3, -0.25) is 14.9 Å². The first kappa shape index (κ1) is 14.7. The first-order valence-corrected chi connectivity index (χ1v) is 5.84. The molecule has 1 aromatic carbocycles. The molecule has 0 aliphatic carbocycles. The number of hydrogen-bond acceptors (Lipinski definition) is 4. The molecule has 0 fully saturated rings. The summed E-state index contributed by atoms with van der Waals surface area (Å²) in [6.07, 6.45) is 0.620. The van der Waals surface area contributed by atoms with Crippen LogP contribution in [0, 0.1) is 10.1 Å². The molecule has 1 amide bonds. The third-order valence-electron chi connectivity index (χ3n) is 2.13. The second-order valence-electron chi connectivity index (χ2n) is 3.45. The highest BCUT2D eigenvalue weighted by atomic mass is 35.5. The summed E-state index contributed by atoms with van der Waals surface area (Å²) in [5.41, 5.74) is 4.98. The van der Waals surface area contributed by atoms with E-state index in [0.29, 0.717) is 19.5 Å². The quantitative estimate of drug-likeness (QED) is 0.492. The summed E-state index contributed by atoms with van der Waals surface area (Å²) < 4.78 is 0. The van der Waals surface area contributed by atoms with Gasteiger partial charge in [0.2, 0.25) is 0 Å². The number of nitrogens with one attached hydrogen (secondary N) is 1. The van der Waals surface area contributed by atoms with E-state index in [0.717, 1.165) is 6.07 Å². The smallest absolute Gasteiger partial charge is 0.290 e. The van der Waals surface area contributed by atoms with E-state index in [4.69, 9.17) is 28.9 Å². The molecule has 98 valence electrons. The topological polar surface area (TPSA) is 98.3 Å². The van der Waals surface area contributed by atoms with E-state index in [1.54, 1.807) is 0 Å². The first-order valence-electron chi connectivity index (χ1n) is 5.09. The fourth-order valence-electron chi connectivity index (χ4n) is 1.24. The van der Waals surface area contributed by atoms with Gasteiger partial charge in [0.05, 0.1) is 9.95 Å². The van der Waals surface area contributed by atoms with Crippen molar-refractivity contribution in [2.24, 2.45) is 5.73 Å². The molecule has 8 heteroatoms. The zero-order valence-corrected chi connectivity index (χ0v) is 10.8. The van der Waals surface area contributed by atoms with E-state index >= 15 is 0 Å². The Bertz CT molecular complexity index is 480. The van der Waals surface area contributed by atoms with Crippen LogP contribution in [-0.2, 0) is 0 Å². The molecular formula is C10H11Cl2N3O3. The minimum absolute atomic E-state index is 0.0326. The number of halogens is 2. The van der Waals surface area contributed by atoms with Crippen molar-refractivity contribution in [2.75, 3.05) is 13.1 Å². The summed E-state index contributed by atoms with van der Waals surface area (Å²) in [5.74, 6) is -0.454. The second-order valence-corrected chi connectivity index (χ2v) is 4.23. The third-order valence-corrected chi connectivity index (χ3v) is 2.93. The van der Waals surface area contributed by atoms with E-state index in [1.807, 2.05) is 0 Å². The van der Waals surface area contributed by atoms with E-state index in [1.165, 1.54) is 6.07 Å². The standard InChI is InChI=1S/C10H11Cl2N3O3/c11-7-4-6(10(16)14-3-1-2-13)5-8(9(7)12)15(17)18/h4-5H,1-3,13H2,(H,14,16). The number of carbonyl (C=O) groups is 1. The molecule has 0 spiro atoms. The summed E-state index contributed by atoms with van der Waals surface area (Å²) in [6, 6.07) is 2.38. The fourth-order valence-corrected chi connectivity index (χ4v) is 1.64. The van der Waals surface area contributed by atoms with E-state index in [2.05, 4.69) is 5.32 Å². The van der Waals surface area contributed by atoms with Gasteiger partial charge in [0, 0.05) is 18.2 Å². The lowest BCUT2D eigenvalue weighted by Crippen LogP contribution is -2.26. The Balaban J connectivity index is 2.96. The zero-order chi connectivity index (χ0) is 13.7. The van der Waals surface area contributed by atoms with Gasteiger partial charge in [-0.15, -0.1) is 0 Å². The second kappa shape index (κ2) is 6.53.